The van der Waals surface area contributed by atoms with Crippen LogP contribution in [0.25, 0.3) is 10.2 Å². The molecule has 0 radical (unpaired) electrons. The van der Waals surface area contributed by atoms with Crippen LogP contribution in [0.4, 0.5) is 5.69 Å². The number of benzene rings is 2. The molecule has 0 amide bonds. The lowest BCUT2D eigenvalue weighted by molar-refractivity contribution is -0.136. The van der Waals surface area contributed by atoms with Crippen LogP contribution in [-0.2, 0) is 11.2 Å². The van der Waals surface area contributed by atoms with Crippen molar-refractivity contribution in [1.82, 2.24) is 4.98 Å². The molecule has 0 atom stereocenters. The van der Waals surface area contributed by atoms with Crippen molar-refractivity contribution in [2.75, 3.05) is 12.8 Å². The number of ether oxygens (including phenoxy) is 1. The maximum atomic E-state index is 10.5. The fourth-order valence-electron chi connectivity index (χ4n) is 2.13. The molecule has 3 rings (SSSR count). The molecule has 0 bridgehead atoms. The van der Waals surface area contributed by atoms with Crippen LogP contribution < -0.4 is 10.5 Å². The summed E-state index contributed by atoms with van der Waals surface area (Å²) in [6.07, 6.45) is 0.0763. The summed E-state index contributed by atoms with van der Waals surface area (Å²) < 4.78 is 5.96. The minimum Gasteiger partial charge on any atom is -0.497 e. The van der Waals surface area contributed by atoms with Crippen LogP contribution in [0.3, 0.4) is 0 Å². The van der Waals surface area contributed by atoms with Crippen molar-refractivity contribution in [3.63, 3.8) is 0 Å². The summed E-state index contributed by atoms with van der Waals surface area (Å²) in [5.74, 6) is -0.152. The Morgan fingerprint density at radius 3 is 2.76 bits per heavy atom. The topological polar surface area (TPSA) is 109 Å². The predicted molar refractivity (Wildman–Crippen MR) is 97.8 cm³/mol. The van der Waals surface area contributed by atoms with Gasteiger partial charge in [0.15, 0.2) is 0 Å². The van der Waals surface area contributed by atoms with E-state index in [1.807, 2.05) is 31.2 Å². The van der Waals surface area contributed by atoms with Crippen molar-refractivity contribution in [3.05, 3.63) is 52.5 Å². The summed E-state index contributed by atoms with van der Waals surface area (Å²) in [5.41, 5.74) is 8.18. The molecule has 6 nitrogen and oxygen atoms in total. The molecule has 1 heterocycles. The summed E-state index contributed by atoms with van der Waals surface area (Å²) in [6, 6.07) is 12.5. The fraction of sp³-hybridized carbons (Fsp3) is 0.167. The number of carboxylic acid groups (broad SMARTS) is 1. The van der Waals surface area contributed by atoms with Gasteiger partial charge in [0, 0.05) is 5.69 Å². The quantitative estimate of drug-likeness (QED) is 0.697. The Morgan fingerprint density at radius 1 is 1.36 bits per heavy atom. The lowest BCUT2D eigenvalue weighted by Gasteiger charge is -2.00. The Morgan fingerprint density at radius 2 is 2.12 bits per heavy atom. The number of thiazole rings is 1. The van der Waals surface area contributed by atoms with Gasteiger partial charge < -0.3 is 15.6 Å². The molecule has 0 aliphatic carbocycles. The Bertz CT molecular complexity index is 944. The molecule has 3 aromatic rings. The Labute approximate surface area is 149 Å². The zero-order valence-corrected chi connectivity index (χ0v) is 14.6. The normalized spacial score (nSPS) is 9.80. The molecule has 3 N–H and O–H groups in total. The third kappa shape index (κ3) is 4.93. The van der Waals surface area contributed by atoms with Crippen LogP contribution in [0.5, 0.6) is 5.75 Å². The first-order valence-corrected chi connectivity index (χ1v) is 8.16. The minimum atomic E-state index is -0.800. The van der Waals surface area contributed by atoms with Gasteiger partial charge in [-0.1, -0.05) is 6.07 Å². The van der Waals surface area contributed by atoms with E-state index in [0.29, 0.717) is 17.0 Å². The summed E-state index contributed by atoms with van der Waals surface area (Å²) in [7, 11) is 1.55. The molecule has 0 unspecified atom stereocenters. The number of hydrogen-bond acceptors (Lipinski definition) is 6. The number of aromatic nitrogens is 1. The lowest BCUT2D eigenvalue weighted by Crippen LogP contribution is -1.99. The second-order valence-electron chi connectivity index (χ2n) is 5.17. The average molecular weight is 355 g/mol. The molecule has 0 saturated heterocycles. The van der Waals surface area contributed by atoms with E-state index in [2.05, 4.69) is 4.98 Å². The van der Waals surface area contributed by atoms with Gasteiger partial charge in [0.05, 0.1) is 34.3 Å². The van der Waals surface area contributed by atoms with Gasteiger partial charge in [-0.3, -0.25) is 4.79 Å². The van der Waals surface area contributed by atoms with Crippen LogP contribution >= 0.6 is 11.3 Å². The summed E-state index contributed by atoms with van der Waals surface area (Å²) >= 11 is 1.59. The standard InChI is InChI=1S/C10H9NO2S.C8H8N2O/c1-6-11-8-3-2-7(5-10(12)13)4-9(8)14-6;1-11-7-2-3-8(10)6(4-7)5-9/h2-4H,5H2,1H3,(H,12,13);2-4H,10H2,1H3. The minimum absolute atomic E-state index is 0.0763. The number of nitriles is 1. The molecule has 1 aromatic heterocycles. The Balaban J connectivity index is 0.000000186. The third-order valence-corrected chi connectivity index (χ3v) is 4.23. The number of aliphatic carboxylic acids is 1. The van der Waals surface area contributed by atoms with Gasteiger partial charge in [-0.25, -0.2) is 4.98 Å². The number of fused-ring (bicyclic) bond motifs is 1. The number of carbonyl (C=O) groups is 1. The SMILES string of the molecule is COc1ccc(N)c(C#N)c1.Cc1nc2ccc(CC(=O)O)cc2s1. The van der Waals surface area contributed by atoms with Gasteiger partial charge in [-0.05, 0) is 42.8 Å². The van der Waals surface area contributed by atoms with Crippen molar-refractivity contribution in [1.29, 1.82) is 5.26 Å². The van der Waals surface area contributed by atoms with Crippen molar-refractivity contribution in [2.24, 2.45) is 0 Å². The maximum Gasteiger partial charge on any atom is 0.307 e. The zero-order chi connectivity index (χ0) is 18.4. The number of rotatable bonds is 3. The van der Waals surface area contributed by atoms with Gasteiger partial charge >= 0.3 is 5.97 Å². The highest BCUT2D eigenvalue weighted by Crippen LogP contribution is 2.22. The first-order chi connectivity index (χ1) is 11.9. The number of nitrogens with zero attached hydrogens (tertiary/aromatic N) is 2. The van der Waals surface area contributed by atoms with E-state index in [0.717, 1.165) is 20.8 Å². The van der Waals surface area contributed by atoms with Crippen LogP contribution in [0, 0.1) is 18.3 Å². The van der Waals surface area contributed by atoms with Crippen molar-refractivity contribution >= 4 is 33.2 Å². The maximum absolute atomic E-state index is 10.5. The predicted octanol–water partition coefficient (Wildman–Crippen LogP) is 3.38. The highest BCUT2D eigenvalue weighted by molar-refractivity contribution is 7.18. The van der Waals surface area contributed by atoms with Gasteiger partial charge in [0.2, 0.25) is 0 Å². The van der Waals surface area contributed by atoms with Crippen LogP contribution in [0.2, 0.25) is 0 Å². The Kier molecular flexibility index (Phi) is 5.93. The van der Waals surface area contributed by atoms with E-state index >= 15 is 0 Å². The van der Waals surface area contributed by atoms with Crippen LogP contribution in [-0.4, -0.2) is 23.2 Å². The molecular weight excluding hydrogens is 338 g/mol. The molecule has 0 saturated carbocycles. The van der Waals surface area contributed by atoms with Crippen molar-refractivity contribution in [2.45, 2.75) is 13.3 Å². The van der Waals surface area contributed by atoms with E-state index in [1.165, 1.54) is 0 Å². The fourth-order valence-corrected chi connectivity index (χ4v) is 3.02. The second-order valence-corrected chi connectivity index (χ2v) is 6.41. The van der Waals surface area contributed by atoms with E-state index in [-0.39, 0.29) is 6.42 Å². The lowest BCUT2D eigenvalue weighted by atomic mass is 10.1. The number of carboxylic acids is 1. The van der Waals surface area contributed by atoms with Crippen LogP contribution in [0.1, 0.15) is 16.1 Å². The summed E-state index contributed by atoms with van der Waals surface area (Å²) in [6.45, 7) is 1.95. The highest BCUT2D eigenvalue weighted by atomic mass is 32.1. The number of methoxy groups -OCH3 is 1. The molecule has 0 fully saturated rings. The largest absolute Gasteiger partial charge is 0.497 e. The second kappa shape index (κ2) is 8.13. The smallest absolute Gasteiger partial charge is 0.307 e. The molecule has 2 aromatic carbocycles. The van der Waals surface area contributed by atoms with Gasteiger partial charge in [-0.2, -0.15) is 5.26 Å². The van der Waals surface area contributed by atoms with E-state index in [4.69, 9.17) is 20.8 Å². The molecule has 0 spiro atoms. The first kappa shape index (κ1) is 18.2. The van der Waals surface area contributed by atoms with E-state index in [1.54, 1.807) is 36.6 Å². The number of hydrogen-bond donors (Lipinski definition) is 2. The summed E-state index contributed by atoms with van der Waals surface area (Å²) in [5, 5.41) is 18.2. The number of aryl methyl sites for hydroxylation is 1. The molecule has 7 heteroatoms. The third-order valence-electron chi connectivity index (χ3n) is 3.30. The van der Waals surface area contributed by atoms with Gasteiger partial charge in [0.25, 0.3) is 0 Å². The average Bonchev–Trinajstić information content (AvgIpc) is 2.94. The van der Waals surface area contributed by atoms with Crippen molar-refractivity contribution in [3.8, 4) is 11.8 Å². The zero-order valence-electron chi connectivity index (χ0n) is 13.8. The molecule has 0 aliphatic rings. The Hall–Kier alpha value is -3.11. The number of nitrogen functional groups attached to an aromatic ring is 1. The first-order valence-electron chi connectivity index (χ1n) is 7.34. The molecular formula is C18H17N3O3S. The number of nitrogens with two attached hydrogens (primary N) is 1. The van der Waals surface area contributed by atoms with Gasteiger partial charge in [0.1, 0.15) is 11.8 Å². The molecule has 25 heavy (non-hydrogen) atoms. The van der Waals surface area contributed by atoms with E-state index < -0.39 is 5.97 Å². The monoisotopic (exact) mass is 355 g/mol. The highest BCUT2D eigenvalue weighted by Gasteiger charge is 2.04. The molecule has 128 valence electrons. The summed E-state index contributed by atoms with van der Waals surface area (Å²) in [4.78, 5) is 14.8. The van der Waals surface area contributed by atoms with Crippen molar-refractivity contribution < 1.29 is 14.6 Å². The van der Waals surface area contributed by atoms with E-state index in [9.17, 15) is 4.79 Å². The van der Waals surface area contributed by atoms with Crippen LogP contribution in [0.15, 0.2) is 36.4 Å². The number of anilines is 1. The molecule has 0 aliphatic heterocycles. The van der Waals surface area contributed by atoms with Gasteiger partial charge in [-0.15, -0.1) is 11.3 Å².